The molecule has 0 radical (unpaired) electrons. The molecular formula is C11H11N2O6+. The lowest BCUT2D eigenvalue weighted by Crippen LogP contribution is -2.17. The fourth-order valence-corrected chi connectivity index (χ4v) is 1.89. The van der Waals surface area contributed by atoms with E-state index in [0.29, 0.717) is 30.8 Å². The Morgan fingerprint density at radius 3 is 2.47 bits per heavy atom. The molecule has 0 bridgehead atoms. The van der Waals surface area contributed by atoms with E-state index in [9.17, 15) is 20.2 Å². The molecule has 0 aliphatic carbocycles. The molecule has 0 aromatic heterocycles. The molecule has 8 heteroatoms. The maximum atomic E-state index is 10.9. The molecule has 1 aliphatic rings. The Morgan fingerprint density at radius 1 is 1.26 bits per heavy atom. The van der Waals surface area contributed by atoms with E-state index in [1.54, 1.807) is 6.92 Å². The van der Waals surface area contributed by atoms with Crippen molar-refractivity contribution < 1.29 is 19.0 Å². The van der Waals surface area contributed by atoms with Gasteiger partial charge in [-0.2, -0.15) is 0 Å². The minimum absolute atomic E-state index is 0.182. The Balaban J connectivity index is 2.60. The predicted octanol–water partition coefficient (Wildman–Crippen LogP) is 1.77. The molecule has 0 saturated heterocycles. The zero-order valence-electron chi connectivity index (χ0n) is 10.1. The van der Waals surface area contributed by atoms with Gasteiger partial charge in [-0.15, -0.1) is 0 Å². The van der Waals surface area contributed by atoms with Crippen LogP contribution in [-0.4, -0.2) is 29.0 Å². The van der Waals surface area contributed by atoms with Crippen LogP contribution in [0.5, 0.6) is 0 Å². The van der Waals surface area contributed by atoms with Crippen LogP contribution in [0.4, 0.5) is 11.4 Å². The van der Waals surface area contributed by atoms with Crippen LogP contribution in [0, 0.1) is 20.2 Å². The topological polar surface area (TPSA) is 107 Å². The van der Waals surface area contributed by atoms with Crippen LogP contribution in [0.25, 0.3) is 0 Å². The van der Waals surface area contributed by atoms with Crippen molar-refractivity contribution in [3.05, 3.63) is 43.5 Å². The van der Waals surface area contributed by atoms with Crippen LogP contribution in [0.1, 0.15) is 22.5 Å². The third-order valence-electron chi connectivity index (χ3n) is 2.69. The molecule has 0 spiro atoms. The molecule has 1 aromatic rings. The minimum Gasteiger partial charge on any atom is -0.318 e. The molecule has 2 rings (SSSR count). The molecule has 0 saturated carbocycles. The van der Waals surface area contributed by atoms with Gasteiger partial charge in [0.05, 0.1) is 9.85 Å². The van der Waals surface area contributed by atoms with Crippen LogP contribution in [0.2, 0.25) is 0 Å². The summed E-state index contributed by atoms with van der Waals surface area (Å²) in [7, 11) is 0. The van der Waals surface area contributed by atoms with E-state index < -0.39 is 21.2 Å². The Kier molecular flexibility index (Phi) is 3.41. The summed E-state index contributed by atoms with van der Waals surface area (Å²) in [6, 6.07) is 2.35. The van der Waals surface area contributed by atoms with Crippen molar-refractivity contribution in [2.45, 2.75) is 13.3 Å². The fraction of sp³-hybridized carbons (Fsp3) is 0.364. The zero-order valence-corrected chi connectivity index (χ0v) is 10.1. The van der Waals surface area contributed by atoms with E-state index in [-0.39, 0.29) is 5.97 Å². The summed E-state index contributed by atoms with van der Waals surface area (Å²) in [4.78, 5) is 20.2. The number of esters is 1. The van der Waals surface area contributed by atoms with Gasteiger partial charge < -0.3 is 9.16 Å². The third kappa shape index (κ3) is 2.37. The summed E-state index contributed by atoms with van der Waals surface area (Å²) in [6.07, 6.45) is 0.449. The summed E-state index contributed by atoms with van der Waals surface area (Å²) in [5.74, 6) is 0.182. The van der Waals surface area contributed by atoms with Gasteiger partial charge in [-0.25, -0.2) is 0 Å². The standard InChI is InChI=1S/C11H11N2O6/c1-2-18-11-8-6-10(13(16)17)9(12(14)15)5-7(8)3-4-19-11/h5-6H,2-4H2,1H3/q+1. The van der Waals surface area contributed by atoms with Crippen molar-refractivity contribution in [1.82, 2.24) is 0 Å². The molecule has 0 unspecified atom stereocenters. The first kappa shape index (κ1) is 12.9. The van der Waals surface area contributed by atoms with Crippen molar-refractivity contribution in [1.29, 1.82) is 0 Å². The van der Waals surface area contributed by atoms with Crippen molar-refractivity contribution in [2.24, 2.45) is 0 Å². The molecule has 100 valence electrons. The molecule has 0 N–H and O–H groups in total. The third-order valence-corrected chi connectivity index (χ3v) is 2.69. The zero-order chi connectivity index (χ0) is 14.0. The average Bonchev–Trinajstić information content (AvgIpc) is 2.37. The van der Waals surface area contributed by atoms with Gasteiger partial charge in [0.1, 0.15) is 5.56 Å². The molecule has 1 heterocycles. The molecule has 19 heavy (non-hydrogen) atoms. The lowest BCUT2D eigenvalue weighted by atomic mass is 10.0. The number of nitrogens with zero attached hydrogens (tertiary/aromatic N) is 2. The van der Waals surface area contributed by atoms with Crippen LogP contribution >= 0.6 is 0 Å². The van der Waals surface area contributed by atoms with E-state index >= 15 is 0 Å². The summed E-state index contributed by atoms with van der Waals surface area (Å²) in [6.45, 7) is 2.43. The second-order valence-corrected chi connectivity index (χ2v) is 3.83. The number of rotatable bonds is 3. The highest BCUT2D eigenvalue weighted by molar-refractivity contribution is 5.93. The lowest BCUT2D eigenvalue weighted by molar-refractivity contribution is -0.422. The van der Waals surface area contributed by atoms with Gasteiger partial charge in [-0.3, -0.25) is 20.2 Å². The van der Waals surface area contributed by atoms with Gasteiger partial charge >= 0.3 is 17.3 Å². The molecule has 8 nitrogen and oxygen atoms in total. The van der Waals surface area contributed by atoms with Crippen LogP contribution in [-0.2, 0) is 11.2 Å². The summed E-state index contributed by atoms with van der Waals surface area (Å²) < 4.78 is 10.5. The van der Waals surface area contributed by atoms with Crippen molar-refractivity contribution in [3.8, 4) is 0 Å². The summed E-state index contributed by atoms with van der Waals surface area (Å²) in [5, 5.41) is 21.7. The van der Waals surface area contributed by atoms with Gasteiger partial charge in [-0.1, -0.05) is 0 Å². The van der Waals surface area contributed by atoms with Crippen molar-refractivity contribution >= 4 is 17.3 Å². The highest BCUT2D eigenvalue weighted by atomic mass is 16.6. The van der Waals surface area contributed by atoms with E-state index in [1.165, 1.54) is 6.07 Å². The van der Waals surface area contributed by atoms with Crippen LogP contribution < -0.4 is 0 Å². The first-order valence-electron chi connectivity index (χ1n) is 5.63. The number of hydrogen-bond acceptors (Lipinski definition) is 5. The Bertz CT molecular complexity index is 581. The highest BCUT2D eigenvalue weighted by Crippen LogP contribution is 2.32. The van der Waals surface area contributed by atoms with E-state index in [0.717, 1.165) is 6.07 Å². The van der Waals surface area contributed by atoms with Crippen LogP contribution in [0.15, 0.2) is 12.1 Å². The quantitative estimate of drug-likeness (QED) is 0.359. The van der Waals surface area contributed by atoms with E-state index in [1.807, 2.05) is 0 Å². The maximum Gasteiger partial charge on any atom is 0.520 e. The first-order chi connectivity index (χ1) is 9.04. The second kappa shape index (κ2) is 5.01. The predicted molar refractivity (Wildman–Crippen MR) is 64.3 cm³/mol. The summed E-state index contributed by atoms with van der Waals surface area (Å²) >= 11 is 0. The molecule has 1 aliphatic heterocycles. The number of nitro groups is 2. The van der Waals surface area contributed by atoms with Crippen molar-refractivity contribution in [2.75, 3.05) is 13.2 Å². The van der Waals surface area contributed by atoms with Gasteiger partial charge in [0.25, 0.3) is 0 Å². The SMILES string of the molecule is CCOC1=[O+]CCc2cc([N+](=O)[O-])c([N+](=O)[O-])cc21. The number of fused-ring (bicyclic) bond motifs is 1. The van der Waals surface area contributed by atoms with Gasteiger partial charge in [0.15, 0.2) is 13.2 Å². The highest BCUT2D eigenvalue weighted by Gasteiger charge is 2.34. The Labute approximate surface area is 107 Å². The van der Waals surface area contributed by atoms with Gasteiger partial charge in [0.2, 0.25) is 0 Å². The molecule has 1 aromatic carbocycles. The molecule has 0 amide bonds. The number of nitro benzene ring substituents is 2. The molecule has 0 atom stereocenters. The summed E-state index contributed by atoms with van der Waals surface area (Å²) in [5.41, 5.74) is -0.0506. The average molecular weight is 267 g/mol. The Morgan fingerprint density at radius 2 is 1.89 bits per heavy atom. The smallest absolute Gasteiger partial charge is 0.318 e. The maximum absolute atomic E-state index is 10.9. The number of benzene rings is 1. The Hall–Kier alpha value is -2.51. The largest absolute Gasteiger partial charge is 0.520 e. The first-order valence-corrected chi connectivity index (χ1v) is 5.63. The molecular weight excluding hydrogens is 256 g/mol. The lowest BCUT2D eigenvalue weighted by Gasteiger charge is -2.08. The van der Waals surface area contributed by atoms with Crippen LogP contribution in [0.3, 0.4) is 0 Å². The molecule has 0 fully saturated rings. The fourth-order valence-electron chi connectivity index (χ4n) is 1.89. The monoisotopic (exact) mass is 267 g/mol. The van der Waals surface area contributed by atoms with E-state index in [2.05, 4.69) is 0 Å². The second-order valence-electron chi connectivity index (χ2n) is 3.83. The van der Waals surface area contributed by atoms with Crippen molar-refractivity contribution in [3.63, 3.8) is 0 Å². The minimum atomic E-state index is -0.781. The number of hydrogen-bond donors (Lipinski definition) is 0. The van der Waals surface area contributed by atoms with Gasteiger partial charge in [-0.05, 0) is 12.5 Å². The number of ether oxygens (including phenoxy) is 1. The number of carbonyl (C=O) groups excluding carboxylic acids is 1. The van der Waals surface area contributed by atoms with Gasteiger partial charge in [0, 0.05) is 18.6 Å². The van der Waals surface area contributed by atoms with E-state index in [4.69, 9.17) is 9.16 Å². The normalized spacial score (nSPS) is 13.4.